The van der Waals surface area contributed by atoms with Crippen LogP contribution in [0.2, 0.25) is 0 Å². The number of carbonyl (C=O) groups excluding carboxylic acids is 1. The zero-order valence-electron chi connectivity index (χ0n) is 34.9. The average molecular weight is 711 g/mol. The van der Waals surface area contributed by atoms with Gasteiger partial charge in [0.2, 0.25) is 0 Å². The molecule has 6 nitrogen and oxygen atoms in total. The zero-order valence-corrected chi connectivity index (χ0v) is 34.9. The lowest BCUT2D eigenvalue weighted by atomic mass is 10.0. The van der Waals surface area contributed by atoms with Crippen molar-refractivity contribution in [3.05, 3.63) is 0 Å². The first-order valence-electron chi connectivity index (χ1n) is 22.2. The number of amides is 1. The van der Waals surface area contributed by atoms with Gasteiger partial charge in [-0.2, -0.15) is 5.06 Å². The highest BCUT2D eigenvalue weighted by atomic mass is 16.7. The van der Waals surface area contributed by atoms with Crippen molar-refractivity contribution in [2.75, 3.05) is 26.9 Å². The molecule has 0 aromatic rings. The first-order chi connectivity index (χ1) is 24.3. The summed E-state index contributed by atoms with van der Waals surface area (Å²) < 4.78 is 11.7. The number of hydrogen-bond acceptors (Lipinski definition) is 5. The van der Waals surface area contributed by atoms with Crippen LogP contribution in [0.5, 0.6) is 0 Å². The van der Waals surface area contributed by atoms with Crippen molar-refractivity contribution in [1.82, 2.24) is 10.4 Å². The molecule has 0 rings (SSSR count). The summed E-state index contributed by atoms with van der Waals surface area (Å²) in [5, 5.41) is 4.66. The molecule has 0 aliphatic rings. The molecule has 1 amide bonds. The maximum atomic E-state index is 12.7. The molecule has 50 heavy (non-hydrogen) atoms. The van der Waals surface area contributed by atoms with E-state index in [9.17, 15) is 4.79 Å². The van der Waals surface area contributed by atoms with Crippen LogP contribution in [0.1, 0.15) is 240 Å². The normalized spacial score (nSPS) is 12.5. The first kappa shape index (κ1) is 49.1. The fourth-order valence-electron chi connectivity index (χ4n) is 6.57. The second kappa shape index (κ2) is 37.9. The van der Waals surface area contributed by atoms with Crippen molar-refractivity contribution >= 4 is 6.09 Å². The smallest absolute Gasteiger partial charge is 0.407 e. The van der Waals surface area contributed by atoms with Crippen LogP contribution in [0.15, 0.2) is 0 Å². The van der Waals surface area contributed by atoms with Gasteiger partial charge >= 0.3 is 6.09 Å². The van der Waals surface area contributed by atoms with E-state index in [-0.39, 0.29) is 17.8 Å². The van der Waals surface area contributed by atoms with Crippen molar-refractivity contribution in [3.8, 4) is 0 Å². The molecule has 0 fully saturated rings. The number of unbranched alkanes of at least 4 members (excludes halogenated alkanes) is 27. The average Bonchev–Trinajstić information content (AvgIpc) is 3.08. The predicted octanol–water partition coefficient (Wildman–Crippen LogP) is 14.2. The van der Waals surface area contributed by atoms with Gasteiger partial charge in [0.05, 0.1) is 12.2 Å². The van der Waals surface area contributed by atoms with Gasteiger partial charge in [0.25, 0.3) is 0 Å². The zero-order chi connectivity index (χ0) is 36.8. The molecule has 1 atom stereocenters. The Morgan fingerprint density at radius 1 is 0.540 bits per heavy atom. The number of alkyl carbamates (subject to hydrolysis) is 1. The molecule has 6 heteroatoms. The first-order valence-corrected chi connectivity index (χ1v) is 22.2. The molecular formula is C44H90N2O4. The minimum absolute atomic E-state index is 0.0335. The molecule has 0 aromatic heterocycles. The van der Waals surface area contributed by atoms with Gasteiger partial charge in [0.1, 0.15) is 12.8 Å². The van der Waals surface area contributed by atoms with E-state index in [1.165, 1.54) is 173 Å². The Labute approximate surface area is 313 Å². The topological polar surface area (TPSA) is 60.0 Å². The molecule has 0 aromatic carbocycles. The van der Waals surface area contributed by atoms with Gasteiger partial charge in [0.15, 0.2) is 0 Å². The van der Waals surface area contributed by atoms with Crippen LogP contribution >= 0.6 is 0 Å². The lowest BCUT2D eigenvalue weighted by Crippen LogP contribution is -2.32. The molecular weight excluding hydrogens is 620 g/mol. The van der Waals surface area contributed by atoms with Crippen molar-refractivity contribution in [2.45, 2.75) is 252 Å². The molecule has 0 saturated carbocycles. The van der Waals surface area contributed by atoms with Crippen molar-refractivity contribution in [2.24, 2.45) is 0 Å². The highest BCUT2D eigenvalue weighted by Gasteiger charge is 2.15. The van der Waals surface area contributed by atoms with Crippen molar-refractivity contribution in [3.63, 3.8) is 0 Å². The Morgan fingerprint density at radius 2 is 0.880 bits per heavy atom. The number of hydrogen-bond donors (Lipinski definition) is 1. The number of nitrogens with one attached hydrogen (secondary N) is 1. The van der Waals surface area contributed by atoms with E-state index in [2.05, 4.69) is 19.2 Å². The van der Waals surface area contributed by atoms with Gasteiger partial charge in [-0.1, -0.05) is 187 Å². The largest absolute Gasteiger partial charge is 0.446 e. The Bertz CT molecular complexity index is 683. The summed E-state index contributed by atoms with van der Waals surface area (Å²) in [7, 11) is 1.87. The maximum Gasteiger partial charge on any atom is 0.407 e. The van der Waals surface area contributed by atoms with E-state index in [0.717, 1.165) is 32.1 Å². The second-order valence-corrected chi connectivity index (χ2v) is 16.3. The van der Waals surface area contributed by atoms with Gasteiger partial charge in [0, 0.05) is 13.6 Å². The van der Waals surface area contributed by atoms with E-state index < -0.39 is 0 Å². The summed E-state index contributed by atoms with van der Waals surface area (Å²) in [5.74, 6) is 0. The Kier molecular flexibility index (Phi) is 37.2. The number of hydroxylamine groups is 2. The van der Waals surface area contributed by atoms with E-state index >= 15 is 0 Å². The molecule has 1 N–H and O–H groups in total. The molecule has 1 unspecified atom stereocenters. The van der Waals surface area contributed by atoms with Crippen molar-refractivity contribution < 1.29 is 19.1 Å². The Balaban J connectivity index is 4.15. The Morgan fingerprint density at radius 3 is 1.22 bits per heavy atom. The van der Waals surface area contributed by atoms with Gasteiger partial charge < -0.3 is 14.8 Å². The van der Waals surface area contributed by atoms with Crippen LogP contribution in [0.4, 0.5) is 4.79 Å². The van der Waals surface area contributed by atoms with Gasteiger partial charge in [-0.25, -0.2) is 4.79 Å². The maximum absolute atomic E-state index is 12.7. The molecule has 0 aliphatic heterocycles. The van der Waals surface area contributed by atoms with Crippen LogP contribution in [-0.4, -0.2) is 49.8 Å². The summed E-state index contributed by atoms with van der Waals surface area (Å²) in [5.41, 5.74) is -0.196. The van der Waals surface area contributed by atoms with Crippen LogP contribution in [0.3, 0.4) is 0 Å². The fraction of sp³-hybridized carbons (Fsp3) is 0.977. The summed E-state index contributed by atoms with van der Waals surface area (Å²) in [6, 6.07) is 0. The summed E-state index contributed by atoms with van der Waals surface area (Å²) >= 11 is 0. The standard InChI is InChI=1S/C44H90N2O4/c1-7-9-11-13-15-17-19-21-23-25-27-29-31-33-35-38-42(37-34-32-30-28-26-24-22-20-18-16-14-12-10-8-2)50-43(47)45-39-36-40-49-46(6)41-48-44(3,4)5/h42H,7-41H2,1-6H3,(H,45,47). The SMILES string of the molecule is CCCCCCCCCCCCCCCCCC(CCCCCCCCCCCCCCCC)OC(=O)NCCCON(C)COC(C)(C)C. The monoisotopic (exact) mass is 711 g/mol. The minimum atomic E-state index is -0.272. The molecule has 0 radical (unpaired) electrons. The van der Waals surface area contributed by atoms with Crippen LogP contribution < -0.4 is 5.32 Å². The van der Waals surface area contributed by atoms with Gasteiger partial charge in [-0.05, 0) is 52.9 Å². The number of ether oxygens (including phenoxy) is 2. The van der Waals surface area contributed by atoms with E-state index in [1.807, 2.05) is 27.8 Å². The quantitative estimate of drug-likeness (QED) is 0.0391. The van der Waals surface area contributed by atoms with Crippen LogP contribution in [-0.2, 0) is 14.3 Å². The minimum Gasteiger partial charge on any atom is -0.446 e. The van der Waals surface area contributed by atoms with E-state index in [0.29, 0.717) is 19.9 Å². The number of rotatable bonds is 39. The van der Waals surface area contributed by atoms with Crippen LogP contribution in [0.25, 0.3) is 0 Å². The van der Waals surface area contributed by atoms with Gasteiger partial charge in [-0.15, -0.1) is 0 Å². The van der Waals surface area contributed by atoms with Crippen LogP contribution in [0, 0.1) is 0 Å². The molecule has 300 valence electrons. The van der Waals surface area contributed by atoms with E-state index in [1.54, 1.807) is 5.06 Å². The molecule has 0 aliphatic carbocycles. The summed E-state index contributed by atoms with van der Waals surface area (Å²) in [4.78, 5) is 18.4. The third-order valence-electron chi connectivity index (χ3n) is 9.86. The predicted molar refractivity (Wildman–Crippen MR) is 217 cm³/mol. The third-order valence-corrected chi connectivity index (χ3v) is 9.86. The molecule has 0 saturated heterocycles. The fourth-order valence-corrected chi connectivity index (χ4v) is 6.57. The lowest BCUT2D eigenvalue weighted by Gasteiger charge is -2.24. The van der Waals surface area contributed by atoms with Gasteiger partial charge in [-0.3, -0.25) is 4.84 Å². The second-order valence-electron chi connectivity index (χ2n) is 16.3. The molecule has 0 bridgehead atoms. The summed E-state index contributed by atoms with van der Waals surface area (Å²) in [6.45, 7) is 12.2. The number of carbonyl (C=O) groups is 1. The third kappa shape index (κ3) is 39.9. The number of nitrogens with zero attached hydrogens (tertiary/aromatic N) is 1. The lowest BCUT2D eigenvalue weighted by molar-refractivity contribution is -0.213. The summed E-state index contributed by atoms with van der Waals surface area (Å²) in [6.07, 6.45) is 42.2. The highest BCUT2D eigenvalue weighted by molar-refractivity contribution is 5.67. The molecule has 0 heterocycles. The molecule has 0 spiro atoms. The van der Waals surface area contributed by atoms with Crippen molar-refractivity contribution in [1.29, 1.82) is 0 Å². The highest BCUT2D eigenvalue weighted by Crippen LogP contribution is 2.19. The Hall–Kier alpha value is -0.850. The van der Waals surface area contributed by atoms with E-state index in [4.69, 9.17) is 14.3 Å².